The first kappa shape index (κ1) is 13.4. The lowest BCUT2D eigenvalue weighted by atomic mass is 10.1. The molecular weight excluding hydrogens is 258 g/mol. The Morgan fingerprint density at radius 3 is 2.24 bits per heavy atom. The Morgan fingerprint density at radius 1 is 0.952 bits per heavy atom. The molecule has 0 aliphatic heterocycles. The fourth-order valence-electron chi connectivity index (χ4n) is 2.43. The van der Waals surface area contributed by atoms with Crippen LogP contribution in [0.1, 0.15) is 11.4 Å². The van der Waals surface area contributed by atoms with E-state index < -0.39 is 0 Å². The highest BCUT2D eigenvalue weighted by atomic mass is 15.3. The third kappa shape index (κ3) is 3.14. The summed E-state index contributed by atoms with van der Waals surface area (Å²) in [5.41, 5.74) is 5.82. The van der Waals surface area contributed by atoms with Gasteiger partial charge in [-0.2, -0.15) is 5.10 Å². The van der Waals surface area contributed by atoms with Crippen molar-refractivity contribution in [1.29, 1.82) is 0 Å². The van der Waals surface area contributed by atoms with Gasteiger partial charge in [0.05, 0.1) is 17.9 Å². The van der Waals surface area contributed by atoms with Crippen LogP contribution in [-0.2, 0) is 13.6 Å². The maximum Gasteiger partial charge on any atom is 0.0597 e. The molecule has 0 saturated heterocycles. The summed E-state index contributed by atoms with van der Waals surface area (Å²) in [7, 11) is 1.97. The second kappa shape index (κ2) is 5.83. The van der Waals surface area contributed by atoms with Crippen molar-refractivity contribution in [2.45, 2.75) is 13.5 Å². The number of hydrogen-bond donors (Lipinski definition) is 1. The Hall–Kier alpha value is -2.55. The van der Waals surface area contributed by atoms with E-state index in [-0.39, 0.29) is 0 Å². The zero-order valence-corrected chi connectivity index (χ0v) is 12.4. The summed E-state index contributed by atoms with van der Waals surface area (Å²) in [4.78, 5) is 0. The van der Waals surface area contributed by atoms with Gasteiger partial charge < -0.3 is 5.32 Å². The average molecular weight is 277 g/mol. The van der Waals surface area contributed by atoms with Crippen molar-refractivity contribution in [2.75, 3.05) is 5.32 Å². The highest BCUT2D eigenvalue weighted by Crippen LogP contribution is 2.21. The number of hydrogen-bond acceptors (Lipinski definition) is 2. The highest BCUT2D eigenvalue weighted by molar-refractivity contribution is 5.65. The van der Waals surface area contributed by atoms with Crippen LogP contribution >= 0.6 is 0 Å². The largest absolute Gasteiger partial charge is 0.379 e. The monoisotopic (exact) mass is 277 g/mol. The first-order valence-electron chi connectivity index (χ1n) is 7.11. The van der Waals surface area contributed by atoms with E-state index in [1.165, 1.54) is 16.8 Å². The molecule has 0 spiro atoms. The van der Waals surface area contributed by atoms with Crippen LogP contribution in [0.3, 0.4) is 0 Å². The Morgan fingerprint density at radius 2 is 1.62 bits per heavy atom. The third-order valence-electron chi connectivity index (χ3n) is 3.56. The topological polar surface area (TPSA) is 29.9 Å². The number of aromatic nitrogens is 2. The lowest BCUT2D eigenvalue weighted by Crippen LogP contribution is -2.05. The Bertz CT molecular complexity index is 712. The first-order valence-corrected chi connectivity index (χ1v) is 7.11. The van der Waals surface area contributed by atoms with E-state index in [1.807, 2.05) is 24.7 Å². The third-order valence-corrected chi connectivity index (χ3v) is 3.56. The molecule has 3 nitrogen and oxygen atoms in total. The first-order chi connectivity index (χ1) is 10.2. The molecule has 0 saturated carbocycles. The van der Waals surface area contributed by atoms with Crippen LogP contribution < -0.4 is 5.32 Å². The van der Waals surface area contributed by atoms with Crippen LogP contribution in [-0.4, -0.2) is 9.78 Å². The zero-order chi connectivity index (χ0) is 14.7. The van der Waals surface area contributed by atoms with E-state index >= 15 is 0 Å². The van der Waals surface area contributed by atoms with Gasteiger partial charge in [-0.25, -0.2) is 0 Å². The van der Waals surface area contributed by atoms with Gasteiger partial charge in [-0.3, -0.25) is 4.68 Å². The van der Waals surface area contributed by atoms with E-state index in [9.17, 15) is 0 Å². The van der Waals surface area contributed by atoms with E-state index in [1.54, 1.807) is 0 Å². The van der Waals surface area contributed by atoms with Crippen molar-refractivity contribution in [2.24, 2.45) is 7.05 Å². The minimum Gasteiger partial charge on any atom is -0.379 e. The van der Waals surface area contributed by atoms with Gasteiger partial charge >= 0.3 is 0 Å². The molecule has 0 bridgehead atoms. The molecule has 1 heterocycles. The van der Waals surface area contributed by atoms with Gasteiger partial charge in [-0.15, -0.1) is 0 Å². The van der Waals surface area contributed by atoms with Crippen molar-refractivity contribution < 1.29 is 0 Å². The summed E-state index contributed by atoms with van der Waals surface area (Å²) in [5.74, 6) is 0. The summed E-state index contributed by atoms with van der Waals surface area (Å²) in [6.07, 6.45) is 0. The SMILES string of the molecule is Cc1cc(CNc2ccc(-c3ccccc3)cc2)n(C)n1. The minimum atomic E-state index is 0.780. The van der Waals surface area contributed by atoms with Gasteiger partial charge in [-0.05, 0) is 36.2 Å². The number of nitrogens with one attached hydrogen (secondary N) is 1. The Kier molecular flexibility index (Phi) is 3.73. The number of anilines is 1. The van der Waals surface area contributed by atoms with E-state index in [4.69, 9.17) is 0 Å². The summed E-state index contributed by atoms with van der Waals surface area (Å²) in [6, 6.07) is 21.0. The van der Waals surface area contributed by atoms with E-state index in [2.05, 4.69) is 65.0 Å². The molecule has 3 heteroatoms. The van der Waals surface area contributed by atoms with E-state index in [0.29, 0.717) is 0 Å². The molecule has 3 rings (SSSR count). The van der Waals surface area contributed by atoms with Crippen LogP contribution in [0.15, 0.2) is 60.7 Å². The van der Waals surface area contributed by atoms with Gasteiger partial charge in [-0.1, -0.05) is 42.5 Å². The molecule has 1 N–H and O–H groups in total. The quantitative estimate of drug-likeness (QED) is 0.781. The van der Waals surface area contributed by atoms with Gasteiger partial charge in [0.15, 0.2) is 0 Å². The smallest absolute Gasteiger partial charge is 0.0597 e. The molecule has 106 valence electrons. The number of benzene rings is 2. The summed E-state index contributed by atoms with van der Waals surface area (Å²) < 4.78 is 1.92. The molecular formula is C18H19N3. The van der Waals surface area contributed by atoms with Gasteiger partial charge in [0.25, 0.3) is 0 Å². The molecule has 21 heavy (non-hydrogen) atoms. The molecule has 0 fully saturated rings. The second-order valence-corrected chi connectivity index (χ2v) is 5.20. The molecule has 2 aromatic carbocycles. The fraction of sp³-hybridized carbons (Fsp3) is 0.167. The Balaban J connectivity index is 1.69. The maximum atomic E-state index is 4.35. The van der Waals surface area contributed by atoms with Crippen molar-refractivity contribution in [3.05, 3.63) is 72.1 Å². The van der Waals surface area contributed by atoms with Gasteiger partial charge in [0, 0.05) is 12.7 Å². The van der Waals surface area contributed by atoms with Crippen molar-refractivity contribution in [3.8, 4) is 11.1 Å². The average Bonchev–Trinajstić information content (AvgIpc) is 2.84. The standard InChI is InChI=1S/C18H19N3/c1-14-12-18(21(2)20-14)13-19-17-10-8-16(9-11-17)15-6-4-3-5-7-15/h3-12,19H,13H2,1-2H3. The Labute approximate surface area is 125 Å². The molecule has 0 aliphatic rings. The lowest BCUT2D eigenvalue weighted by Gasteiger charge is -2.08. The number of rotatable bonds is 4. The normalized spacial score (nSPS) is 10.6. The predicted octanol–water partition coefficient (Wildman–Crippen LogP) is 4.01. The summed E-state index contributed by atoms with van der Waals surface area (Å²) in [5, 5.41) is 7.79. The maximum absolute atomic E-state index is 4.35. The van der Waals surface area contributed by atoms with Crippen molar-refractivity contribution >= 4 is 5.69 Å². The molecule has 1 aromatic heterocycles. The van der Waals surface area contributed by atoms with Gasteiger partial charge in [0.1, 0.15) is 0 Å². The van der Waals surface area contributed by atoms with E-state index in [0.717, 1.165) is 17.9 Å². The van der Waals surface area contributed by atoms with Crippen LogP contribution in [0, 0.1) is 6.92 Å². The summed E-state index contributed by atoms with van der Waals surface area (Å²) in [6.45, 7) is 2.79. The molecule has 0 atom stereocenters. The number of nitrogens with zero attached hydrogens (tertiary/aromatic N) is 2. The lowest BCUT2D eigenvalue weighted by molar-refractivity contribution is 0.713. The summed E-state index contributed by atoms with van der Waals surface area (Å²) >= 11 is 0. The zero-order valence-electron chi connectivity index (χ0n) is 12.4. The molecule has 0 unspecified atom stereocenters. The van der Waals surface area contributed by atoms with Crippen LogP contribution in [0.4, 0.5) is 5.69 Å². The fourth-order valence-corrected chi connectivity index (χ4v) is 2.43. The predicted molar refractivity (Wildman–Crippen MR) is 87.1 cm³/mol. The highest BCUT2D eigenvalue weighted by Gasteiger charge is 2.02. The number of aryl methyl sites for hydroxylation is 2. The minimum absolute atomic E-state index is 0.780. The molecule has 0 radical (unpaired) electrons. The van der Waals surface area contributed by atoms with Crippen LogP contribution in [0.2, 0.25) is 0 Å². The van der Waals surface area contributed by atoms with Crippen molar-refractivity contribution in [1.82, 2.24) is 9.78 Å². The molecule has 3 aromatic rings. The molecule has 0 aliphatic carbocycles. The van der Waals surface area contributed by atoms with Crippen LogP contribution in [0.25, 0.3) is 11.1 Å². The van der Waals surface area contributed by atoms with Crippen LogP contribution in [0.5, 0.6) is 0 Å². The van der Waals surface area contributed by atoms with Crippen molar-refractivity contribution in [3.63, 3.8) is 0 Å². The van der Waals surface area contributed by atoms with Gasteiger partial charge in [0.2, 0.25) is 0 Å². The second-order valence-electron chi connectivity index (χ2n) is 5.20. The molecule has 0 amide bonds.